The van der Waals surface area contributed by atoms with Crippen LogP contribution in [0.3, 0.4) is 0 Å². The van der Waals surface area contributed by atoms with Gasteiger partial charge < -0.3 is 9.84 Å². The van der Waals surface area contributed by atoms with E-state index < -0.39 is 5.97 Å². The molecule has 0 bridgehead atoms. The van der Waals surface area contributed by atoms with Crippen LogP contribution in [0.4, 0.5) is 0 Å². The second kappa shape index (κ2) is 6.53. The molecule has 0 spiro atoms. The summed E-state index contributed by atoms with van der Waals surface area (Å²) < 4.78 is 5.28. The summed E-state index contributed by atoms with van der Waals surface area (Å²) in [5, 5.41) is 8.48. The Morgan fingerprint density at radius 2 is 1.71 bits per heavy atom. The third-order valence-electron chi connectivity index (χ3n) is 1.97. The Hall–Kier alpha value is -2.03. The molecule has 0 radical (unpaired) electrons. The van der Waals surface area contributed by atoms with Crippen molar-refractivity contribution in [1.82, 2.24) is 0 Å². The Morgan fingerprint density at radius 3 is 2.18 bits per heavy atom. The van der Waals surface area contributed by atoms with Gasteiger partial charge in [-0.3, -0.25) is 0 Å². The lowest BCUT2D eigenvalue weighted by molar-refractivity contribution is -0.131. The van der Waals surface area contributed by atoms with Crippen LogP contribution >= 0.6 is 0 Å². The summed E-state index contributed by atoms with van der Waals surface area (Å²) in [6, 6.07) is 7.52. The molecule has 1 N–H and O–H groups in total. The molecule has 3 heteroatoms. The first-order valence-electron chi connectivity index (χ1n) is 5.41. The summed E-state index contributed by atoms with van der Waals surface area (Å²) in [4.78, 5) is 10.3. The predicted octanol–water partition coefficient (Wildman–Crippen LogP) is 3.18. The van der Waals surface area contributed by atoms with Gasteiger partial charge in [0.05, 0.1) is 12.4 Å². The van der Waals surface area contributed by atoms with E-state index in [1.165, 1.54) is 0 Å². The molecule has 17 heavy (non-hydrogen) atoms. The number of hydrogen-bond acceptors (Lipinski definition) is 2. The molecule has 1 aromatic carbocycles. The minimum absolute atomic E-state index is 0.170. The maximum Gasteiger partial charge on any atom is 0.328 e. The van der Waals surface area contributed by atoms with Gasteiger partial charge in [-0.05, 0) is 37.1 Å². The fraction of sp³-hybridized carbons (Fsp3) is 0.214. The van der Waals surface area contributed by atoms with E-state index in [-0.39, 0.29) is 6.10 Å². The molecule has 0 aromatic heterocycles. The van der Waals surface area contributed by atoms with Crippen molar-refractivity contribution in [3.8, 4) is 0 Å². The Kier molecular flexibility index (Phi) is 5.01. The maximum atomic E-state index is 10.3. The highest BCUT2D eigenvalue weighted by Crippen LogP contribution is 2.08. The first kappa shape index (κ1) is 13.0. The molecule has 0 aliphatic rings. The summed E-state index contributed by atoms with van der Waals surface area (Å²) in [5.41, 5.74) is 1.87. The van der Waals surface area contributed by atoms with Crippen molar-refractivity contribution in [3.63, 3.8) is 0 Å². The number of aliphatic carboxylic acids is 1. The van der Waals surface area contributed by atoms with E-state index >= 15 is 0 Å². The van der Waals surface area contributed by atoms with E-state index in [0.29, 0.717) is 0 Å². The third kappa shape index (κ3) is 5.56. The number of benzene rings is 1. The molecule has 0 amide bonds. The summed E-state index contributed by atoms with van der Waals surface area (Å²) in [5.74, 6) is -0.945. The lowest BCUT2D eigenvalue weighted by Gasteiger charge is -2.02. The number of hydrogen-bond donors (Lipinski definition) is 1. The fourth-order valence-corrected chi connectivity index (χ4v) is 1.16. The van der Waals surface area contributed by atoms with Crippen molar-refractivity contribution in [2.45, 2.75) is 20.0 Å². The monoisotopic (exact) mass is 232 g/mol. The first-order valence-corrected chi connectivity index (χ1v) is 5.41. The molecular formula is C14H16O3. The van der Waals surface area contributed by atoms with Crippen LogP contribution in [0.1, 0.15) is 25.0 Å². The van der Waals surface area contributed by atoms with Crippen LogP contribution in [0.5, 0.6) is 0 Å². The van der Waals surface area contributed by atoms with Crippen LogP contribution in [0, 0.1) is 0 Å². The Morgan fingerprint density at radius 1 is 1.18 bits per heavy atom. The molecule has 0 saturated heterocycles. The van der Waals surface area contributed by atoms with Gasteiger partial charge in [0.15, 0.2) is 0 Å². The largest absolute Gasteiger partial charge is 0.499 e. The van der Waals surface area contributed by atoms with Crippen LogP contribution in [0.25, 0.3) is 12.2 Å². The zero-order chi connectivity index (χ0) is 12.7. The van der Waals surface area contributed by atoms with Crippen LogP contribution < -0.4 is 0 Å². The Balaban J connectivity index is 2.62. The predicted molar refractivity (Wildman–Crippen MR) is 68.4 cm³/mol. The first-order chi connectivity index (χ1) is 8.08. The lowest BCUT2D eigenvalue weighted by atomic mass is 10.1. The molecule has 0 heterocycles. The van der Waals surface area contributed by atoms with Crippen molar-refractivity contribution in [3.05, 3.63) is 47.7 Å². The fourth-order valence-electron chi connectivity index (χ4n) is 1.16. The highest BCUT2D eigenvalue weighted by atomic mass is 16.5. The standard InChI is InChI=1S/C14H16O3/c1-11(2)17-10-9-13-5-3-12(4-6-13)7-8-14(15)16/h3-11H,1-2H3,(H,15,16)/b8-7+,10-9?. The molecule has 0 atom stereocenters. The molecule has 0 aliphatic heterocycles. The maximum absolute atomic E-state index is 10.3. The highest BCUT2D eigenvalue weighted by molar-refractivity contribution is 5.85. The van der Waals surface area contributed by atoms with Gasteiger partial charge in [0.2, 0.25) is 0 Å². The van der Waals surface area contributed by atoms with E-state index in [9.17, 15) is 4.79 Å². The molecule has 90 valence electrons. The van der Waals surface area contributed by atoms with Crippen LogP contribution in [0.15, 0.2) is 36.6 Å². The van der Waals surface area contributed by atoms with Crippen LogP contribution in [0.2, 0.25) is 0 Å². The Labute approximate surface area is 101 Å². The number of rotatable bonds is 5. The van der Waals surface area contributed by atoms with Crippen molar-refractivity contribution in [2.24, 2.45) is 0 Å². The number of carboxylic acids is 1. The van der Waals surface area contributed by atoms with Crippen molar-refractivity contribution in [2.75, 3.05) is 0 Å². The van der Waals surface area contributed by atoms with Gasteiger partial charge in [-0.25, -0.2) is 4.79 Å². The minimum atomic E-state index is -0.945. The van der Waals surface area contributed by atoms with E-state index in [4.69, 9.17) is 9.84 Å². The van der Waals surface area contributed by atoms with Crippen molar-refractivity contribution in [1.29, 1.82) is 0 Å². The molecular weight excluding hydrogens is 216 g/mol. The van der Waals surface area contributed by atoms with E-state index in [1.54, 1.807) is 12.3 Å². The van der Waals surface area contributed by atoms with Gasteiger partial charge in [0.25, 0.3) is 0 Å². The van der Waals surface area contributed by atoms with E-state index in [1.807, 2.05) is 44.2 Å². The molecule has 0 fully saturated rings. The third-order valence-corrected chi connectivity index (χ3v) is 1.97. The number of carboxylic acid groups (broad SMARTS) is 1. The zero-order valence-corrected chi connectivity index (χ0v) is 9.96. The molecule has 1 aromatic rings. The topological polar surface area (TPSA) is 46.5 Å². The van der Waals surface area contributed by atoms with Crippen LogP contribution in [-0.2, 0) is 9.53 Å². The van der Waals surface area contributed by atoms with Gasteiger partial charge in [-0.2, -0.15) is 0 Å². The summed E-state index contributed by atoms with van der Waals surface area (Å²) >= 11 is 0. The second-order valence-electron chi connectivity index (χ2n) is 3.83. The minimum Gasteiger partial charge on any atom is -0.499 e. The summed E-state index contributed by atoms with van der Waals surface area (Å²) in [6.45, 7) is 3.92. The lowest BCUT2D eigenvalue weighted by Crippen LogP contribution is -1.94. The average Bonchev–Trinajstić information content (AvgIpc) is 2.27. The zero-order valence-electron chi connectivity index (χ0n) is 9.96. The van der Waals surface area contributed by atoms with Crippen LogP contribution in [-0.4, -0.2) is 17.2 Å². The van der Waals surface area contributed by atoms with Gasteiger partial charge >= 0.3 is 5.97 Å². The SMILES string of the molecule is CC(C)OC=Cc1ccc(/C=C/C(=O)O)cc1. The normalized spacial score (nSPS) is 11.5. The number of carbonyl (C=O) groups is 1. The van der Waals surface area contributed by atoms with Gasteiger partial charge in [0.1, 0.15) is 0 Å². The van der Waals surface area contributed by atoms with Gasteiger partial charge in [-0.1, -0.05) is 24.3 Å². The van der Waals surface area contributed by atoms with Gasteiger partial charge in [-0.15, -0.1) is 0 Å². The van der Waals surface area contributed by atoms with Crippen molar-refractivity contribution >= 4 is 18.1 Å². The average molecular weight is 232 g/mol. The molecule has 0 aliphatic carbocycles. The molecule has 1 rings (SSSR count). The summed E-state index contributed by atoms with van der Waals surface area (Å²) in [6.07, 6.45) is 6.37. The van der Waals surface area contributed by atoms with Gasteiger partial charge in [0, 0.05) is 6.08 Å². The number of ether oxygens (including phenoxy) is 1. The quantitative estimate of drug-likeness (QED) is 0.626. The molecule has 0 unspecified atom stereocenters. The summed E-state index contributed by atoms with van der Waals surface area (Å²) in [7, 11) is 0. The highest BCUT2D eigenvalue weighted by Gasteiger charge is 1.91. The molecule has 0 saturated carbocycles. The Bertz CT molecular complexity index is 414. The van der Waals surface area contributed by atoms with Crippen molar-refractivity contribution < 1.29 is 14.6 Å². The second-order valence-corrected chi connectivity index (χ2v) is 3.83. The smallest absolute Gasteiger partial charge is 0.328 e. The molecule has 3 nitrogen and oxygen atoms in total. The van der Waals surface area contributed by atoms with E-state index in [2.05, 4.69) is 0 Å². The van der Waals surface area contributed by atoms with E-state index in [0.717, 1.165) is 17.2 Å².